The second-order valence-electron chi connectivity index (χ2n) is 6.89. The van der Waals surface area contributed by atoms with Crippen LogP contribution in [-0.4, -0.2) is 21.5 Å². The van der Waals surface area contributed by atoms with Crippen LogP contribution in [0.25, 0.3) is 27.8 Å². The number of nitrogens with one attached hydrogen (secondary N) is 1. The number of fused-ring (bicyclic) bond motifs is 2. The van der Waals surface area contributed by atoms with E-state index >= 15 is 0 Å². The first-order valence-corrected chi connectivity index (χ1v) is 8.37. The fourth-order valence-electron chi connectivity index (χ4n) is 3.40. The average molecular weight is 348 g/mol. The molecule has 26 heavy (non-hydrogen) atoms. The largest absolute Gasteiger partial charge is 0.495 e. The third-order valence-corrected chi connectivity index (χ3v) is 4.47. The van der Waals surface area contributed by atoms with Gasteiger partial charge in [-0.25, -0.2) is 4.98 Å². The summed E-state index contributed by atoms with van der Waals surface area (Å²) < 4.78 is 7.42. The molecule has 1 aromatic carbocycles. The molecule has 6 nitrogen and oxygen atoms in total. The molecule has 0 aliphatic carbocycles. The first kappa shape index (κ1) is 16.4. The molecule has 132 valence electrons. The fourth-order valence-corrected chi connectivity index (χ4v) is 3.40. The summed E-state index contributed by atoms with van der Waals surface area (Å²) in [5.74, 6) is 0.610. The molecule has 4 aromatic rings. The van der Waals surface area contributed by atoms with Crippen LogP contribution in [0.5, 0.6) is 5.75 Å². The number of H-pyrrole nitrogens is 1. The van der Waals surface area contributed by atoms with Crippen LogP contribution in [-0.2, 0) is 5.54 Å². The zero-order valence-corrected chi connectivity index (χ0v) is 14.9. The highest BCUT2D eigenvalue weighted by atomic mass is 16.5. The number of pyridine rings is 2. The number of rotatable bonds is 3. The van der Waals surface area contributed by atoms with Gasteiger partial charge < -0.3 is 19.9 Å². The Hall–Kier alpha value is -3.12. The molecule has 0 bridgehead atoms. The number of aromatic nitrogens is 3. The van der Waals surface area contributed by atoms with Crippen molar-refractivity contribution in [1.82, 2.24) is 14.4 Å². The molecule has 3 N–H and O–H groups in total. The van der Waals surface area contributed by atoms with E-state index in [1.165, 1.54) is 6.07 Å². The number of imidazole rings is 1. The number of hydrogen-bond acceptors (Lipinski definition) is 4. The lowest BCUT2D eigenvalue weighted by Crippen LogP contribution is -2.31. The molecule has 0 amide bonds. The van der Waals surface area contributed by atoms with Crippen molar-refractivity contribution in [1.29, 1.82) is 0 Å². The smallest absolute Gasteiger partial charge is 0.248 e. The Kier molecular flexibility index (Phi) is 3.59. The van der Waals surface area contributed by atoms with Crippen molar-refractivity contribution in [2.75, 3.05) is 7.11 Å². The predicted molar refractivity (Wildman–Crippen MR) is 103 cm³/mol. The minimum absolute atomic E-state index is 0.178. The Morgan fingerprint density at radius 2 is 1.96 bits per heavy atom. The summed E-state index contributed by atoms with van der Waals surface area (Å²) >= 11 is 0. The first-order chi connectivity index (χ1) is 12.4. The van der Waals surface area contributed by atoms with Crippen LogP contribution in [0.1, 0.15) is 19.5 Å². The van der Waals surface area contributed by atoms with E-state index in [1.807, 2.05) is 54.8 Å². The molecule has 0 unspecified atom stereocenters. The van der Waals surface area contributed by atoms with Gasteiger partial charge in [-0.2, -0.15) is 0 Å². The molecule has 3 aromatic heterocycles. The number of nitrogens with two attached hydrogens (primary N) is 1. The van der Waals surface area contributed by atoms with E-state index in [2.05, 4.69) is 4.98 Å². The molecule has 0 atom stereocenters. The molecule has 0 saturated carbocycles. The van der Waals surface area contributed by atoms with E-state index in [4.69, 9.17) is 15.5 Å². The van der Waals surface area contributed by atoms with Gasteiger partial charge in [0.05, 0.1) is 29.6 Å². The van der Waals surface area contributed by atoms with E-state index in [-0.39, 0.29) is 5.56 Å². The Morgan fingerprint density at radius 1 is 1.15 bits per heavy atom. The summed E-state index contributed by atoms with van der Waals surface area (Å²) in [4.78, 5) is 19.5. The lowest BCUT2D eigenvalue weighted by atomic mass is 9.95. The lowest BCUT2D eigenvalue weighted by Gasteiger charge is -2.21. The highest BCUT2D eigenvalue weighted by Crippen LogP contribution is 2.37. The second-order valence-corrected chi connectivity index (χ2v) is 6.89. The van der Waals surface area contributed by atoms with Crippen LogP contribution in [0.2, 0.25) is 0 Å². The molecule has 0 spiro atoms. The first-order valence-electron chi connectivity index (χ1n) is 8.37. The summed E-state index contributed by atoms with van der Waals surface area (Å²) in [5.41, 5.74) is 9.77. The molecule has 0 aliphatic heterocycles. The SMILES string of the molecule is COc1ccc(-c2nc3ccccn3c2C(C)(C)N)c2ccc(=O)[nH]c12. The molecule has 4 rings (SSSR count). The van der Waals surface area contributed by atoms with Crippen molar-refractivity contribution in [3.63, 3.8) is 0 Å². The van der Waals surface area contributed by atoms with E-state index < -0.39 is 5.54 Å². The summed E-state index contributed by atoms with van der Waals surface area (Å²) in [6.45, 7) is 3.92. The third-order valence-electron chi connectivity index (χ3n) is 4.47. The van der Waals surface area contributed by atoms with Gasteiger partial charge >= 0.3 is 0 Å². The lowest BCUT2D eigenvalue weighted by molar-refractivity contribution is 0.419. The van der Waals surface area contributed by atoms with Crippen LogP contribution in [0.3, 0.4) is 0 Å². The minimum Gasteiger partial charge on any atom is -0.495 e. The van der Waals surface area contributed by atoms with Gasteiger partial charge in [0.25, 0.3) is 0 Å². The molecule has 0 fully saturated rings. The van der Waals surface area contributed by atoms with Crippen LogP contribution >= 0.6 is 0 Å². The van der Waals surface area contributed by atoms with E-state index in [9.17, 15) is 4.79 Å². The van der Waals surface area contributed by atoms with Crippen molar-refractivity contribution >= 4 is 16.6 Å². The standard InChI is InChI=1S/C20H20N4O2/c1-20(2,21)19-18(22-15-6-4-5-11-24(15)19)13-7-9-14(26-3)17-12(13)8-10-16(25)23-17/h4-11H,21H2,1-3H3,(H,23,25). The van der Waals surface area contributed by atoms with Gasteiger partial charge in [0.1, 0.15) is 11.4 Å². The Labute approximate surface area is 150 Å². The molecule has 0 radical (unpaired) electrons. The average Bonchev–Trinajstić information content (AvgIpc) is 3.00. The second kappa shape index (κ2) is 5.71. The summed E-state index contributed by atoms with van der Waals surface area (Å²) in [5, 5.41) is 0.859. The molecule has 6 heteroatoms. The molecule has 3 heterocycles. The van der Waals surface area contributed by atoms with Crippen LogP contribution in [0, 0.1) is 0 Å². The number of ether oxygens (including phenoxy) is 1. The maximum Gasteiger partial charge on any atom is 0.248 e. The molecular formula is C20H20N4O2. The number of nitrogens with zero attached hydrogens (tertiary/aromatic N) is 2. The highest BCUT2D eigenvalue weighted by Gasteiger charge is 2.26. The van der Waals surface area contributed by atoms with Gasteiger partial charge in [-0.05, 0) is 44.2 Å². The van der Waals surface area contributed by atoms with Gasteiger partial charge in [0.15, 0.2) is 0 Å². The fraction of sp³-hybridized carbons (Fsp3) is 0.200. The van der Waals surface area contributed by atoms with Crippen molar-refractivity contribution in [2.45, 2.75) is 19.4 Å². The summed E-state index contributed by atoms with van der Waals surface area (Å²) in [6, 6.07) is 13.0. The molecule has 0 saturated heterocycles. The summed E-state index contributed by atoms with van der Waals surface area (Å²) in [6.07, 6.45) is 1.96. The Morgan fingerprint density at radius 3 is 2.69 bits per heavy atom. The predicted octanol–water partition coefficient (Wildman–Crippen LogP) is 3.05. The number of aromatic amines is 1. The van der Waals surface area contributed by atoms with Crippen molar-refractivity contribution in [3.05, 3.63) is 64.7 Å². The van der Waals surface area contributed by atoms with E-state index in [0.29, 0.717) is 11.3 Å². The maximum absolute atomic E-state index is 11.8. The quantitative estimate of drug-likeness (QED) is 0.596. The van der Waals surface area contributed by atoms with Crippen LogP contribution in [0.15, 0.2) is 53.5 Å². The Bertz CT molecular complexity index is 1180. The maximum atomic E-state index is 11.8. The summed E-state index contributed by atoms with van der Waals surface area (Å²) in [7, 11) is 1.58. The number of hydrogen-bond donors (Lipinski definition) is 2. The van der Waals surface area contributed by atoms with Gasteiger partial charge in [0.2, 0.25) is 5.56 Å². The van der Waals surface area contributed by atoms with Gasteiger partial charge in [-0.15, -0.1) is 0 Å². The van der Waals surface area contributed by atoms with E-state index in [0.717, 1.165) is 28.0 Å². The van der Waals surface area contributed by atoms with Crippen LogP contribution in [0.4, 0.5) is 0 Å². The van der Waals surface area contributed by atoms with Crippen LogP contribution < -0.4 is 16.0 Å². The van der Waals surface area contributed by atoms with Gasteiger partial charge in [0, 0.05) is 23.2 Å². The van der Waals surface area contributed by atoms with Crippen molar-refractivity contribution in [3.8, 4) is 17.0 Å². The number of benzene rings is 1. The highest BCUT2D eigenvalue weighted by molar-refractivity contribution is 5.98. The number of methoxy groups -OCH3 is 1. The van der Waals surface area contributed by atoms with Gasteiger partial charge in [-0.3, -0.25) is 4.79 Å². The topological polar surface area (TPSA) is 85.4 Å². The Balaban J connectivity index is 2.13. The van der Waals surface area contributed by atoms with Crippen molar-refractivity contribution < 1.29 is 4.74 Å². The normalized spacial score (nSPS) is 12.0. The molecular weight excluding hydrogens is 328 g/mol. The third kappa shape index (κ3) is 2.46. The minimum atomic E-state index is -0.607. The zero-order chi connectivity index (χ0) is 18.5. The van der Waals surface area contributed by atoms with Crippen molar-refractivity contribution in [2.24, 2.45) is 5.73 Å². The van der Waals surface area contributed by atoms with Gasteiger partial charge in [-0.1, -0.05) is 6.07 Å². The monoisotopic (exact) mass is 348 g/mol. The zero-order valence-electron chi connectivity index (χ0n) is 14.9. The molecule has 0 aliphatic rings. The van der Waals surface area contributed by atoms with E-state index in [1.54, 1.807) is 13.2 Å².